The van der Waals surface area contributed by atoms with Crippen molar-refractivity contribution in [3.05, 3.63) is 0 Å². The van der Waals surface area contributed by atoms with E-state index in [9.17, 15) is 0 Å². The van der Waals surface area contributed by atoms with Crippen LogP contribution in [0.1, 0.15) is 13.8 Å². The summed E-state index contributed by atoms with van der Waals surface area (Å²) in [5, 5.41) is 3.40. The third kappa shape index (κ3) is 3.18. The van der Waals surface area contributed by atoms with Crippen LogP contribution in [0.5, 0.6) is 0 Å². The smallest absolute Gasteiger partial charge is 0.0643 e. The Kier molecular flexibility index (Phi) is 3.83. The standard InChI is InChI=1S/C8H17NO2/c1-3-10-4-7(2)9-8-5-11-6-8/h7-9H,3-6H2,1-2H3. The lowest BCUT2D eigenvalue weighted by atomic mass is 10.2. The largest absolute Gasteiger partial charge is 0.380 e. The average molecular weight is 159 g/mol. The van der Waals surface area contributed by atoms with Crippen molar-refractivity contribution in [2.75, 3.05) is 26.4 Å². The minimum Gasteiger partial charge on any atom is -0.380 e. The second-order valence-corrected chi connectivity index (χ2v) is 2.96. The Hall–Kier alpha value is -0.120. The molecule has 1 rings (SSSR count). The summed E-state index contributed by atoms with van der Waals surface area (Å²) < 4.78 is 10.3. The van der Waals surface area contributed by atoms with Crippen molar-refractivity contribution < 1.29 is 9.47 Å². The second-order valence-electron chi connectivity index (χ2n) is 2.96. The molecule has 0 bridgehead atoms. The van der Waals surface area contributed by atoms with Gasteiger partial charge in [0.2, 0.25) is 0 Å². The molecular formula is C8H17NO2. The van der Waals surface area contributed by atoms with E-state index < -0.39 is 0 Å². The number of hydrogen-bond donors (Lipinski definition) is 1. The summed E-state index contributed by atoms with van der Waals surface area (Å²) in [6.45, 7) is 7.46. The van der Waals surface area contributed by atoms with Gasteiger partial charge in [0.15, 0.2) is 0 Å². The highest BCUT2D eigenvalue weighted by Gasteiger charge is 2.19. The molecular weight excluding hydrogens is 142 g/mol. The summed E-state index contributed by atoms with van der Waals surface area (Å²) in [6.07, 6.45) is 0. The molecule has 1 N–H and O–H groups in total. The van der Waals surface area contributed by atoms with Crippen molar-refractivity contribution in [3.8, 4) is 0 Å². The van der Waals surface area contributed by atoms with Gasteiger partial charge in [0.25, 0.3) is 0 Å². The first-order valence-corrected chi connectivity index (χ1v) is 4.24. The van der Waals surface area contributed by atoms with Gasteiger partial charge in [-0.1, -0.05) is 0 Å². The molecule has 0 radical (unpaired) electrons. The first kappa shape index (κ1) is 8.97. The molecule has 0 aliphatic carbocycles. The van der Waals surface area contributed by atoms with Crippen LogP contribution >= 0.6 is 0 Å². The zero-order valence-corrected chi connectivity index (χ0v) is 7.30. The number of ether oxygens (including phenoxy) is 2. The lowest BCUT2D eigenvalue weighted by molar-refractivity contribution is -0.0145. The van der Waals surface area contributed by atoms with E-state index in [-0.39, 0.29) is 0 Å². The van der Waals surface area contributed by atoms with E-state index in [2.05, 4.69) is 12.2 Å². The quantitative estimate of drug-likeness (QED) is 0.630. The molecule has 0 aromatic carbocycles. The van der Waals surface area contributed by atoms with Gasteiger partial charge in [-0.25, -0.2) is 0 Å². The molecule has 1 aliphatic rings. The van der Waals surface area contributed by atoms with Crippen LogP contribution in [0, 0.1) is 0 Å². The van der Waals surface area contributed by atoms with E-state index in [1.165, 1.54) is 0 Å². The van der Waals surface area contributed by atoms with Crippen LogP contribution in [0.15, 0.2) is 0 Å². The summed E-state index contributed by atoms with van der Waals surface area (Å²) in [7, 11) is 0. The molecule has 3 heteroatoms. The van der Waals surface area contributed by atoms with E-state index in [0.29, 0.717) is 12.1 Å². The molecule has 1 saturated heterocycles. The average Bonchev–Trinajstić information content (AvgIpc) is 1.93. The summed E-state index contributed by atoms with van der Waals surface area (Å²) in [5.74, 6) is 0. The third-order valence-electron chi connectivity index (χ3n) is 1.73. The van der Waals surface area contributed by atoms with Crippen LogP contribution in [0.25, 0.3) is 0 Å². The van der Waals surface area contributed by atoms with Crippen LogP contribution in [0.2, 0.25) is 0 Å². The van der Waals surface area contributed by atoms with Crippen molar-refractivity contribution in [1.29, 1.82) is 0 Å². The van der Waals surface area contributed by atoms with Crippen LogP contribution in [0.3, 0.4) is 0 Å². The fourth-order valence-electron chi connectivity index (χ4n) is 1.08. The van der Waals surface area contributed by atoms with Gasteiger partial charge in [-0.15, -0.1) is 0 Å². The summed E-state index contributed by atoms with van der Waals surface area (Å²) in [4.78, 5) is 0. The predicted octanol–water partition coefficient (Wildman–Crippen LogP) is 0.400. The lowest BCUT2D eigenvalue weighted by Crippen LogP contribution is -2.50. The predicted molar refractivity (Wildman–Crippen MR) is 43.7 cm³/mol. The first-order chi connectivity index (χ1) is 5.33. The Morgan fingerprint density at radius 3 is 2.82 bits per heavy atom. The zero-order chi connectivity index (χ0) is 8.10. The fraction of sp³-hybridized carbons (Fsp3) is 1.00. The zero-order valence-electron chi connectivity index (χ0n) is 7.30. The molecule has 1 unspecified atom stereocenters. The molecule has 0 amide bonds. The minimum absolute atomic E-state index is 0.448. The van der Waals surface area contributed by atoms with E-state index in [1.54, 1.807) is 0 Å². The molecule has 11 heavy (non-hydrogen) atoms. The summed E-state index contributed by atoms with van der Waals surface area (Å²) in [5.41, 5.74) is 0. The number of nitrogens with one attached hydrogen (secondary N) is 1. The lowest BCUT2D eigenvalue weighted by Gasteiger charge is -2.29. The highest BCUT2D eigenvalue weighted by molar-refractivity contribution is 4.76. The molecule has 66 valence electrons. The fourth-order valence-corrected chi connectivity index (χ4v) is 1.08. The first-order valence-electron chi connectivity index (χ1n) is 4.24. The maximum absolute atomic E-state index is 5.26. The van der Waals surface area contributed by atoms with Gasteiger partial charge in [-0.05, 0) is 13.8 Å². The SMILES string of the molecule is CCOCC(C)NC1COC1. The number of hydrogen-bond acceptors (Lipinski definition) is 3. The molecule has 1 aliphatic heterocycles. The monoisotopic (exact) mass is 159 g/mol. The Bertz CT molecular complexity index is 104. The van der Waals surface area contributed by atoms with E-state index in [1.807, 2.05) is 6.92 Å². The summed E-state index contributed by atoms with van der Waals surface area (Å²) in [6, 6.07) is 1.01. The van der Waals surface area contributed by atoms with Crippen molar-refractivity contribution in [3.63, 3.8) is 0 Å². The van der Waals surface area contributed by atoms with Gasteiger partial charge in [0, 0.05) is 12.6 Å². The Balaban J connectivity index is 1.95. The van der Waals surface area contributed by atoms with Crippen LogP contribution in [-0.4, -0.2) is 38.5 Å². The topological polar surface area (TPSA) is 30.5 Å². The van der Waals surface area contributed by atoms with Gasteiger partial charge in [0.1, 0.15) is 0 Å². The Labute approximate surface area is 68.1 Å². The Morgan fingerprint density at radius 1 is 1.64 bits per heavy atom. The normalized spacial score (nSPS) is 21.3. The molecule has 0 aromatic heterocycles. The van der Waals surface area contributed by atoms with Crippen LogP contribution < -0.4 is 5.32 Å². The van der Waals surface area contributed by atoms with Crippen LogP contribution in [0.4, 0.5) is 0 Å². The minimum atomic E-state index is 0.448. The molecule has 1 heterocycles. The van der Waals surface area contributed by atoms with Gasteiger partial charge < -0.3 is 14.8 Å². The maximum Gasteiger partial charge on any atom is 0.0643 e. The molecule has 1 fully saturated rings. The molecule has 1 atom stereocenters. The molecule has 0 saturated carbocycles. The maximum atomic E-state index is 5.26. The van der Waals surface area contributed by atoms with Crippen LogP contribution in [-0.2, 0) is 9.47 Å². The van der Waals surface area contributed by atoms with E-state index >= 15 is 0 Å². The molecule has 0 spiro atoms. The van der Waals surface area contributed by atoms with Crippen molar-refractivity contribution >= 4 is 0 Å². The third-order valence-corrected chi connectivity index (χ3v) is 1.73. The van der Waals surface area contributed by atoms with Gasteiger partial charge in [0.05, 0.1) is 25.9 Å². The van der Waals surface area contributed by atoms with Crippen molar-refractivity contribution in [1.82, 2.24) is 5.32 Å². The van der Waals surface area contributed by atoms with E-state index in [0.717, 1.165) is 26.4 Å². The van der Waals surface area contributed by atoms with Gasteiger partial charge in [-0.3, -0.25) is 0 Å². The van der Waals surface area contributed by atoms with Gasteiger partial charge in [-0.2, -0.15) is 0 Å². The van der Waals surface area contributed by atoms with Crippen molar-refractivity contribution in [2.45, 2.75) is 25.9 Å². The summed E-state index contributed by atoms with van der Waals surface area (Å²) >= 11 is 0. The molecule has 0 aromatic rings. The molecule has 3 nitrogen and oxygen atoms in total. The van der Waals surface area contributed by atoms with Crippen molar-refractivity contribution in [2.24, 2.45) is 0 Å². The Morgan fingerprint density at radius 2 is 2.36 bits per heavy atom. The second kappa shape index (κ2) is 4.70. The number of rotatable bonds is 5. The van der Waals surface area contributed by atoms with Gasteiger partial charge >= 0.3 is 0 Å². The highest BCUT2D eigenvalue weighted by atomic mass is 16.5. The van der Waals surface area contributed by atoms with E-state index in [4.69, 9.17) is 9.47 Å². The highest BCUT2D eigenvalue weighted by Crippen LogP contribution is 2.00.